The fourth-order valence-corrected chi connectivity index (χ4v) is 2.05. The van der Waals surface area contributed by atoms with Crippen molar-refractivity contribution in [2.45, 2.75) is 13.5 Å². The Hall–Kier alpha value is -2.30. The molecular weight excluding hydrogens is 254 g/mol. The van der Waals surface area contributed by atoms with Crippen LogP contribution in [0.1, 0.15) is 21.6 Å². The number of methoxy groups -OCH3 is 1. The molecule has 0 spiro atoms. The minimum atomic E-state index is -0.0642. The smallest absolute Gasteiger partial charge is 0.257 e. The predicted octanol–water partition coefficient (Wildman–Crippen LogP) is 2.01. The Kier molecular flexibility index (Phi) is 4.08. The van der Waals surface area contributed by atoms with E-state index in [1.54, 1.807) is 42.1 Å². The molecule has 0 aliphatic rings. The van der Waals surface area contributed by atoms with Gasteiger partial charge >= 0.3 is 0 Å². The lowest BCUT2D eigenvalue weighted by atomic mass is 10.1. The van der Waals surface area contributed by atoms with Crippen LogP contribution >= 0.6 is 0 Å². The van der Waals surface area contributed by atoms with E-state index in [-0.39, 0.29) is 5.91 Å². The molecule has 2 aromatic rings. The van der Waals surface area contributed by atoms with Crippen molar-refractivity contribution in [3.05, 3.63) is 47.3 Å². The fraction of sp³-hybridized carbons (Fsp3) is 0.333. The predicted molar refractivity (Wildman–Crippen MR) is 76.7 cm³/mol. The van der Waals surface area contributed by atoms with Gasteiger partial charge in [-0.15, -0.1) is 0 Å². The fourth-order valence-electron chi connectivity index (χ4n) is 2.05. The molecule has 1 heterocycles. The van der Waals surface area contributed by atoms with Gasteiger partial charge in [-0.25, -0.2) is 0 Å². The van der Waals surface area contributed by atoms with Crippen molar-refractivity contribution >= 4 is 5.91 Å². The number of hydrogen-bond acceptors (Lipinski definition) is 3. The van der Waals surface area contributed by atoms with Crippen LogP contribution in [0.5, 0.6) is 5.75 Å². The zero-order valence-corrected chi connectivity index (χ0v) is 12.3. The number of aromatic nitrogens is 2. The summed E-state index contributed by atoms with van der Waals surface area (Å²) in [4.78, 5) is 14.1. The van der Waals surface area contributed by atoms with E-state index < -0.39 is 0 Å². The van der Waals surface area contributed by atoms with Crippen molar-refractivity contribution in [3.63, 3.8) is 0 Å². The van der Waals surface area contributed by atoms with Gasteiger partial charge in [0.05, 0.1) is 18.9 Å². The van der Waals surface area contributed by atoms with Gasteiger partial charge in [-0.1, -0.05) is 12.1 Å². The van der Waals surface area contributed by atoms with Crippen LogP contribution in [0.15, 0.2) is 30.5 Å². The maximum atomic E-state index is 12.5. The molecule has 1 aromatic carbocycles. The number of ether oxygens (including phenoxy) is 1. The Morgan fingerprint density at radius 1 is 1.40 bits per heavy atom. The van der Waals surface area contributed by atoms with Gasteiger partial charge in [0, 0.05) is 31.9 Å². The second-order valence-corrected chi connectivity index (χ2v) is 4.74. The zero-order valence-electron chi connectivity index (χ0n) is 12.3. The molecule has 0 saturated heterocycles. The Morgan fingerprint density at radius 3 is 2.70 bits per heavy atom. The van der Waals surface area contributed by atoms with Gasteiger partial charge in [0.2, 0.25) is 0 Å². The van der Waals surface area contributed by atoms with Gasteiger partial charge in [-0.05, 0) is 19.1 Å². The molecule has 106 valence electrons. The topological polar surface area (TPSA) is 47.4 Å². The highest BCUT2D eigenvalue weighted by Crippen LogP contribution is 2.20. The minimum absolute atomic E-state index is 0.0642. The maximum absolute atomic E-state index is 12.5. The number of benzene rings is 1. The van der Waals surface area contributed by atoms with Crippen molar-refractivity contribution in [3.8, 4) is 5.75 Å². The van der Waals surface area contributed by atoms with E-state index in [9.17, 15) is 4.79 Å². The summed E-state index contributed by atoms with van der Waals surface area (Å²) in [6.07, 6.45) is 1.79. The highest BCUT2D eigenvalue weighted by atomic mass is 16.5. The van der Waals surface area contributed by atoms with Gasteiger partial charge in [0.1, 0.15) is 5.75 Å². The molecule has 0 fully saturated rings. The van der Waals surface area contributed by atoms with Crippen LogP contribution in [0.25, 0.3) is 0 Å². The molecule has 0 bridgehead atoms. The van der Waals surface area contributed by atoms with Crippen LogP contribution in [0, 0.1) is 6.92 Å². The number of aryl methyl sites for hydroxylation is 1. The maximum Gasteiger partial charge on any atom is 0.257 e. The molecule has 0 aliphatic carbocycles. The SMILES string of the molecule is COc1ccccc1C(=O)N(C)Cc1cnn(C)c1C. The Balaban J connectivity index is 2.18. The molecule has 0 saturated carbocycles. The summed E-state index contributed by atoms with van der Waals surface area (Å²) < 4.78 is 7.03. The van der Waals surface area contributed by atoms with Crippen molar-refractivity contribution in [1.82, 2.24) is 14.7 Å². The summed E-state index contributed by atoms with van der Waals surface area (Å²) in [7, 11) is 5.24. The van der Waals surface area contributed by atoms with Crippen LogP contribution in [0.3, 0.4) is 0 Å². The number of para-hydroxylation sites is 1. The lowest BCUT2D eigenvalue weighted by molar-refractivity contribution is 0.0781. The van der Waals surface area contributed by atoms with Crippen LogP contribution in [0.2, 0.25) is 0 Å². The molecule has 20 heavy (non-hydrogen) atoms. The van der Waals surface area contributed by atoms with E-state index in [0.717, 1.165) is 11.3 Å². The summed E-state index contributed by atoms with van der Waals surface area (Å²) in [5, 5.41) is 4.19. The second kappa shape index (κ2) is 5.77. The molecule has 1 aromatic heterocycles. The molecule has 5 nitrogen and oxygen atoms in total. The van der Waals surface area contributed by atoms with Crippen molar-refractivity contribution < 1.29 is 9.53 Å². The lowest BCUT2D eigenvalue weighted by Gasteiger charge is -2.18. The highest BCUT2D eigenvalue weighted by molar-refractivity contribution is 5.96. The van der Waals surface area contributed by atoms with E-state index in [1.165, 1.54) is 0 Å². The summed E-state index contributed by atoms with van der Waals surface area (Å²) in [5.74, 6) is 0.526. The van der Waals surface area contributed by atoms with Crippen LogP contribution < -0.4 is 4.74 Å². The number of nitrogens with zero attached hydrogens (tertiary/aromatic N) is 3. The van der Waals surface area contributed by atoms with Crippen LogP contribution in [-0.2, 0) is 13.6 Å². The first-order chi connectivity index (χ1) is 9.54. The van der Waals surface area contributed by atoms with E-state index in [0.29, 0.717) is 17.9 Å². The first kappa shape index (κ1) is 14.1. The van der Waals surface area contributed by atoms with E-state index in [4.69, 9.17) is 4.74 Å². The average molecular weight is 273 g/mol. The second-order valence-electron chi connectivity index (χ2n) is 4.74. The van der Waals surface area contributed by atoms with E-state index >= 15 is 0 Å². The first-order valence-corrected chi connectivity index (χ1v) is 6.40. The molecule has 0 unspecified atom stereocenters. The van der Waals surface area contributed by atoms with E-state index in [1.807, 2.05) is 26.1 Å². The molecule has 0 atom stereocenters. The summed E-state index contributed by atoms with van der Waals surface area (Å²) in [6, 6.07) is 7.24. The van der Waals surface area contributed by atoms with Gasteiger partial charge in [-0.2, -0.15) is 5.10 Å². The molecule has 2 rings (SSSR count). The summed E-state index contributed by atoms with van der Waals surface area (Å²) in [6.45, 7) is 2.51. The third-order valence-corrected chi connectivity index (χ3v) is 3.43. The number of amides is 1. The van der Waals surface area contributed by atoms with Gasteiger partial charge in [0.25, 0.3) is 5.91 Å². The normalized spacial score (nSPS) is 10.4. The zero-order chi connectivity index (χ0) is 14.7. The standard InChI is InChI=1S/C15H19N3O2/c1-11-12(9-16-18(11)3)10-17(2)15(19)13-7-5-6-8-14(13)20-4/h5-9H,10H2,1-4H3. The molecule has 1 amide bonds. The monoisotopic (exact) mass is 273 g/mol. The van der Waals surface area contributed by atoms with Crippen molar-refractivity contribution in [2.75, 3.05) is 14.2 Å². The van der Waals surface area contributed by atoms with Crippen LogP contribution in [0.4, 0.5) is 0 Å². The van der Waals surface area contributed by atoms with Gasteiger partial charge in [-0.3, -0.25) is 9.48 Å². The van der Waals surface area contributed by atoms with Crippen molar-refractivity contribution in [2.24, 2.45) is 7.05 Å². The quantitative estimate of drug-likeness (QED) is 0.856. The lowest BCUT2D eigenvalue weighted by Crippen LogP contribution is -2.26. The Morgan fingerprint density at radius 2 is 2.10 bits per heavy atom. The molecule has 5 heteroatoms. The Labute approximate surface area is 118 Å². The summed E-state index contributed by atoms with van der Waals surface area (Å²) in [5.41, 5.74) is 2.67. The number of carbonyl (C=O) groups excluding carboxylic acids is 1. The average Bonchev–Trinajstić information content (AvgIpc) is 2.78. The number of hydrogen-bond donors (Lipinski definition) is 0. The van der Waals surface area contributed by atoms with E-state index in [2.05, 4.69) is 5.10 Å². The minimum Gasteiger partial charge on any atom is -0.496 e. The third-order valence-electron chi connectivity index (χ3n) is 3.43. The van der Waals surface area contributed by atoms with Gasteiger partial charge in [0.15, 0.2) is 0 Å². The molecular formula is C15H19N3O2. The Bertz CT molecular complexity index is 619. The third kappa shape index (κ3) is 2.66. The largest absolute Gasteiger partial charge is 0.496 e. The van der Waals surface area contributed by atoms with Gasteiger partial charge < -0.3 is 9.64 Å². The highest BCUT2D eigenvalue weighted by Gasteiger charge is 2.17. The molecule has 0 aliphatic heterocycles. The molecule has 0 radical (unpaired) electrons. The summed E-state index contributed by atoms with van der Waals surface area (Å²) >= 11 is 0. The first-order valence-electron chi connectivity index (χ1n) is 6.40. The van der Waals surface area contributed by atoms with Crippen molar-refractivity contribution in [1.29, 1.82) is 0 Å². The number of rotatable bonds is 4. The van der Waals surface area contributed by atoms with Crippen LogP contribution in [-0.4, -0.2) is 34.7 Å². The molecule has 0 N–H and O–H groups in total. The number of carbonyl (C=O) groups is 1.